The molecule has 0 saturated carbocycles. The van der Waals surface area contributed by atoms with E-state index in [-0.39, 0.29) is 23.6 Å². The van der Waals surface area contributed by atoms with Crippen molar-refractivity contribution in [2.45, 2.75) is 45.2 Å². The summed E-state index contributed by atoms with van der Waals surface area (Å²) in [5.74, 6) is -4.08. The first kappa shape index (κ1) is 24.8. The van der Waals surface area contributed by atoms with Crippen molar-refractivity contribution >= 4 is 5.91 Å². The van der Waals surface area contributed by atoms with Gasteiger partial charge in [0.2, 0.25) is 0 Å². The Bertz CT molecular complexity index is 1470. The highest BCUT2D eigenvalue weighted by Crippen LogP contribution is 2.41. The van der Waals surface area contributed by atoms with Crippen molar-refractivity contribution in [3.05, 3.63) is 83.1 Å². The molecule has 1 amide bonds. The molecule has 2 atom stereocenters. The molecule has 0 fully saturated rings. The summed E-state index contributed by atoms with van der Waals surface area (Å²) in [5.41, 5.74) is 4.69. The summed E-state index contributed by atoms with van der Waals surface area (Å²) in [7, 11) is 3.54. The lowest BCUT2D eigenvalue weighted by Gasteiger charge is -2.41. The number of aromatic nitrogens is 4. The van der Waals surface area contributed by atoms with Crippen molar-refractivity contribution in [2.24, 2.45) is 14.1 Å². The summed E-state index contributed by atoms with van der Waals surface area (Å²) in [5, 5.41) is 8.92. The fraction of sp³-hybridized carbons (Fsp3) is 0.321. The van der Waals surface area contributed by atoms with Gasteiger partial charge >= 0.3 is 0 Å². The van der Waals surface area contributed by atoms with Crippen molar-refractivity contribution in [1.82, 2.24) is 24.5 Å². The first-order chi connectivity index (χ1) is 17.7. The highest BCUT2D eigenvalue weighted by molar-refractivity contribution is 5.96. The molecule has 5 rings (SSSR count). The number of nitrogens with zero attached hydrogens (tertiary/aromatic N) is 5. The van der Waals surface area contributed by atoms with E-state index in [4.69, 9.17) is 5.10 Å². The summed E-state index contributed by atoms with van der Waals surface area (Å²) in [4.78, 5) is 15.9. The normalized spacial score (nSPS) is 17.2. The van der Waals surface area contributed by atoms with Crippen LogP contribution in [0.2, 0.25) is 0 Å². The van der Waals surface area contributed by atoms with E-state index in [2.05, 4.69) is 5.10 Å². The zero-order chi connectivity index (χ0) is 26.4. The molecule has 2 aromatic heterocycles. The molecule has 1 aliphatic heterocycles. The Kier molecular flexibility index (Phi) is 6.39. The standard InChI is InChI=1S/C28H28F3N5O/c1-5-20-13-21-26(33-35(4)27(21)18-11-22(29)25(31)23(30)12-18)24(6-2)36(20)28(37)17-9-7-8-16(10-17)19-14-32-34(3)15-19/h7-12,14-15,20,24H,5-6,13H2,1-4H3. The quantitative estimate of drug-likeness (QED) is 0.319. The van der Waals surface area contributed by atoms with E-state index in [1.165, 1.54) is 0 Å². The number of carbonyl (C=O) groups is 1. The molecule has 3 heterocycles. The SMILES string of the molecule is CCC1Cc2c(nn(C)c2-c2cc(F)c(F)c(F)c2)C(CC)N1C(=O)c1cccc(-c2cnn(C)c2)c1. The lowest BCUT2D eigenvalue weighted by molar-refractivity contribution is 0.0513. The molecule has 9 heteroatoms. The largest absolute Gasteiger partial charge is 0.327 e. The van der Waals surface area contributed by atoms with Crippen LogP contribution in [-0.4, -0.2) is 36.4 Å². The summed E-state index contributed by atoms with van der Waals surface area (Å²) in [6.07, 6.45) is 5.43. The fourth-order valence-corrected chi connectivity index (χ4v) is 5.42. The lowest BCUT2D eigenvalue weighted by atomic mass is 9.87. The van der Waals surface area contributed by atoms with Crippen LogP contribution in [0.25, 0.3) is 22.4 Å². The molecule has 0 radical (unpaired) electrons. The summed E-state index contributed by atoms with van der Waals surface area (Å²) < 4.78 is 45.1. The predicted molar refractivity (Wildman–Crippen MR) is 134 cm³/mol. The van der Waals surface area contributed by atoms with Crippen LogP contribution < -0.4 is 0 Å². The molecule has 0 aliphatic carbocycles. The molecule has 0 bridgehead atoms. The Morgan fingerprint density at radius 2 is 1.73 bits per heavy atom. The van der Waals surface area contributed by atoms with Gasteiger partial charge in [-0.05, 0) is 49.1 Å². The van der Waals surface area contributed by atoms with Crippen molar-refractivity contribution in [3.63, 3.8) is 0 Å². The van der Waals surface area contributed by atoms with E-state index in [1.807, 2.05) is 56.3 Å². The Morgan fingerprint density at radius 1 is 1.00 bits per heavy atom. The fourth-order valence-electron chi connectivity index (χ4n) is 5.42. The minimum absolute atomic E-state index is 0.0961. The highest BCUT2D eigenvalue weighted by atomic mass is 19.2. The number of aryl methyl sites for hydroxylation is 2. The van der Waals surface area contributed by atoms with Crippen LogP contribution in [-0.2, 0) is 20.5 Å². The molecule has 2 aromatic carbocycles. The molecule has 192 valence electrons. The second-order valence-electron chi connectivity index (χ2n) is 9.48. The molecule has 1 aliphatic rings. The summed E-state index contributed by atoms with van der Waals surface area (Å²) in [6.45, 7) is 4.01. The minimum Gasteiger partial charge on any atom is -0.327 e. The predicted octanol–water partition coefficient (Wildman–Crippen LogP) is 5.83. The van der Waals surface area contributed by atoms with E-state index in [9.17, 15) is 18.0 Å². The third-order valence-corrected chi connectivity index (χ3v) is 7.16. The monoisotopic (exact) mass is 507 g/mol. The van der Waals surface area contributed by atoms with Crippen LogP contribution in [0.4, 0.5) is 13.2 Å². The van der Waals surface area contributed by atoms with Gasteiger partial charge in [0.15, 0.2) is 17.5 Å². The molecular formula is C28H28F3N5O. The number of hydrogen-bond acceptors (Lipinski definition) is 3. The van der Waals surface area contributed by atoms with Crippen LogP contribution in [0.1, 0.15) is 54.3 Å². The van der Waals surface area contributed by atoms with Gasteiger partial charge in [0, 0.05) is 48.6 Å². The second kappa shape index (κ2) is 9.53. The highest BCUT2D eigenvalue weighted by Gasteiger charge is 2.40. The van der Waals surface area contributed by atoms with Crippen molar-refractivity contribution in [1.29, 1.82) is 0 Å². The molecule has 0 spiro atoms. The van der Waals surface area contributed by atoms with E-state index in [0.717, 1.165) is 28.8 Å². The third-order valence-electron chi connectivity index (χ3n) is 7.16. The molecule has 0 N–H and O–H groups in total. The maximum absolute atomic E-state index is 14.1. The van der Waals surface area contributed by atoms with Crippen LogP contribution in [0.5, 0.6) is 0 Å². The zero-order valence-corrected chi connectivity index (χ0v) is 21.2. The second-order valence-corrected chi connectivity index (χ2v) is 9.48. The van der Waals surface area contributed by atoms with Crippen molar-refractivity contribution in [2.75, 3.05) is 0 Å². The molecule has 2 unspecified atom stereocenters. The smallest absolute Gasteiger partial charge is 0.254 e. The maximum Gasteiger partial charge on any atom is 0.254 e. The topological polar surface area (TPSA) is 56.0 Å². The molecule has 4 aromatic rings. The Balaban J connectivity index is 1.57. The van der Waals surface area contributed by atoms with Gasteiger partial charge < -0.3 is 4.90 Å². The summed E-state index contributed by atoms with van der Waals surface area (Å²) >= 11 is 0. The minimum atomic E-state index is -1.50. The van der Waals surface area contributed by atoms with Gasteiger partial charge in [-0.25, -0.2) is 13.2 Å². The van der Waals surface area contributed by atoms with E-state index >= 15 is 0 Å². The van der Waals surface area contributed by atoms with Crippen LogP contribution in [0, 0.1) is 17.5 Å². The Morgan fingerprint density at radius 3 is 2.35 bits per heavy atom. The Labute approximate surface area is 213 Å². The zero-order valence-electron chi connectivity index (χ0n) is 21.2. The van der Waals surface area contributed by atoms with Crippen molar-refractivity contribution < 1.29 is 18.0 Å². The number of fused-ring (bicyclic) bond motifs is 1. The summed E-state index contributed by atoms with van der Waals surface area (Å²) in [6, 6.07) is 9.03. The number of halogens is 3. The molecule has 6 nitrogen and oxygen atoms in total. The van der Waals surface area contributed by atoms with Crippen LogP contribution in [0.15, 0.2) is 48.8 Å². The van der Waals surface area contributed by atoms with Gasteiger partial charge in [0.25, 0.3) is 5.91 Å². The lowest BCUT2D eigenvalue weighted by Crippen LogP contribution is -2.47. The number of amides is 1. The van der Waals surface area contributed by atoms with Gasteiger partial charge in [-0.3, -0.25) is 14.2 Å². The first-order valence-corrected chi connectivity index (χ1v) is 12.4. The molecular weight excluding hydrogens is 479 g/mol. The Hall–Kier alpha value is -3.88. The molecule has 0 saturated heterocycles. The van der Waals surface area contributed by atoms with E-state index in [0.29, 0.717) is 36.2 Å². The van der Waals surface area contributed by atoms with E-state index in [1.54, 1.807) is 22.6 Å². The van der Waals surface area contributed by atoms with Gasteiger partial charge in [0.1, 0.15) is 0 Å². The maximum atomic E-state index is 14.1. The van der Waals surface area contributed by atoms with Crippen molar-refractivity contribution in [3.8, 4) is 22.4 Å². The average molecular weight is 508 g/mol. The van der Waals surface area contributed by atoms with Crippen LogP contribution >= 0.6 is 0 Å². The number of carbonyl (C=O) groups excluding carboxylic acids is 1. The number of benzene rings is 2. The average Bonchev–Trinajstić information content (AvgIpc) is 3.47. The third kappa shape index (κ3) is 4.22. The number of rotatable bonds is 5. The van der Waals surface area contributed by atoms with Gasteiger partial charge in [-0.2, -0.15) is 10.2 Å². The molecule has 37 heavy (non-hydrogen) atoms. The number of hydrogen-bond donors (Lipinski definition) is 0. The van der Waals surface area contributed by atoms with E-state index < -0.39 is 17.5 Å². The van der Waals surface area contributed by atoms with Crippen LogP contribution in [0.3, 0.4) is 0 Å². The van der Waals surface area contributed by atoms with Gasteiger partial charge in [-0.1, -0.05) is 26.0 Å². The van der Waals surface area contributed by atoms with Gasteiger partial charge in [0.05, 0.1) is 23.6 Å². The van der Waals surface area contributed by atoms with Gasteiger partial charge in [-0.15, -0.1) is 0 Å². The first-order valence-electron chi connectivity index (χ1n) is 12.4.